The predicted octanol–water partition coefficient (Wildman–Crippen LogP) is 2.78. The van der Waals surface area contributed by atoms with Crippen LogP contribution in [0.3, 0.4) is 0 Å². The number of hydrogen-bond donors (Lipinski definition) is 1. The number of hydrogen-bond acceptors (Lipinski definition) is 3. The van der Waals surface area contributed by atoms with Crippen LogP contribution < -0.4 is 5.32 Å². The highest BCUT2D eigenvalue weighted by atomic mass is 79.9. The highest BCUT2D eigenvalue weighted by Crippen LogP contribution is 2.15. The van der Waals surface area contributed by atoms with Crippen LogP contribution in [-0.2, 0) is 6.54 Å². The summed E-state index contributed by atoms with van der Waals surface area (Å²) in [5.74, 6) is -0.853. The number of benzene rings is 1. The Labute approximate surface area is 123 Å². The molecular formula is C14H9BrFN3O. The standard InChI is InChI=1S/C14H9BrFN3O/c15-11-1-2-12(16)10(6-11)8-19-14(20)13-5-9(7-17)3-4-18-13/h1-6H,8H2,(H,19,20). The van der Waals surface area contributed by atoms with Crippen molar-refractivity contribution in [1.82, 2.24) is 10.3 Å². The van der Waals surface area contributed by atoms with Gasteiger partial charge in [0.2, 0.25) is 0 Å². The number of carbonyl (C=O) groups excluding carboxylic acids is 1. The van der Waals surface area contributed by atoms with E-state index >= 15 is 0 Å². The number of aromatic nitrogens is 1. The van der Waals surface area contributed by atoms with E-state index in [-0.39, 0.29) is 12.2 Å². The number of amides is 1. The van der Waals surface area contributed by atoms with E-state index in [0.29, 0.717) is 11.1 Å². The van der Waals surface area contributed by atoms with Crippen molar-refractivity contribution < 1.29 is 9.18 Å². The maximum atomic E-state index is 13.5. The zero-order chi connectivity index (χ0) is 14.5. The van der Waals surface area contributed by atoms with Gasteiger partial charge >= 0.3 is 0 Å². The van der Waals surface area contributed by atoms with Gasteiger partial charge in [0.1, 0.15) is 11.5 Å². The van der Waals surface area contributed by atoms with Crippen LogP contribution in [0.15, 0.2) is 41.0 Å². The first-order valence-electron chi connectivity index (χ1n) is 5.68. The lowest BCUT2D eigenvalue weighted by atomic mass is 10.2. The highest BCUT2D eigenvalue weighted by Gasteiger charge is 2.09. The van der Waals surface area contributed by atoms with Gasteiger partial charge in [-0.1, -0.05) is 15.9 Å². The molecule has 0 radical (unpaired) electrons. The summed E-state index contributed by atoms with van der Waals surface area (Å²) in [6, 6.07) is 9.31. The van der Waals surface area contributed by atoms with Gasteiger partial charge in [-0.2, -0.15) is 5.26 Å². The van der Waals surface area contributed by atoms with Crippen molar-refractivity contribution in [3.8, 4) is 6.07 Å². The molecule has 2 aromatic rings. The minimum Gasteiger partial charge on any atom is -0.347 e. The minimum atomic E-state index is -0.457. The molecule has 1 N–H and O–H groups in total. The van der Waals surface area contributed by atoms with Crippen LogP contribution in [-0.4, -0.2) is 10.9 Å². The van der Waals surface area contributed by atoms with Crippen molar-refractivity contribution in [3.05, 3.63) is 63.6 Å². The fraction of sp³-hybridized carbons (Fsp3) is 0.0714. The smallest absolute Gasteiger partial charge is 0.270 e. The molecule has 0 aliphatic rings. The van der Waals surface area contributed by atoms with Gasteiger partial charge in [-0.3, -0.25) is 9.78 Å². The number of nitriles is 1. The first kappa shape index (κ1) is 14.2. The normalized spacial score (nSPS) is 9.85. The van der Waals surface area contributed by atoms with Crippen LogP contribution in [0, 0.1) is 17.1 Å². The Morgan fingerprint density at radius 1 is 1.40 bits per heavy atom. The molecule has 4 nitrogen and oxygen atoms in total. The maximum Gasteiger partial charge on any atom is 0.270 e. The second-order valence-corrected chi connectivity index (χ2v) is 4.88. The number of rotatable bonds is 3. The van der Waals surface area contributed by atoms with Gasteiger partial charge in [0.25, 0.3) is 5.91 Å². The first-order valence-corrected chi connectivity index (χ1v) is 6.47. The average molecular weight is 334 g/mol. The molecule has 1 aromatic heterocycles. The minimum absolute atomic E-state index is 0.0442. The summed E-state index contributed by atoms with van der Waals surface area (Å²) in [5.41, 5.74) is 0.836. The molecule has 1 heterocycles. The molecule has 0 aliphatic carbocycles. The fourth-order valence-electron chi connectivity index (χ4n) is 1.57. The summed E-state index contributed by atoms with van der Waals surface area (Å²) in [6.07, 6.45) is 1.38. The monoisotopic (exact) mass is 333 g/mol. The quantitative estimate of drug-likeness (QED) is 0.939. The topological polar surface area (TPSA) is 65.8 Å². The van der Waals surface area contributed by atoms with Crippen molar-refractivity contribution in [3.63, 3.8) is 0 Å². The summed E-state index contributed by atoms with van der Waals surface area (Å²) in [7, 11) is 0. The molecule has 0 bridgehead atoms. The SMILES string of the molecule is N#Cc1ccnc(C(=O)NCc2cc(Br)ccc2F)c1. The second kappa shape index (κ2) is 6.26. The van der Waals surface area contributed by atoms with Crippen molar-refractivity contribution >= 4 is 21.8 Å². The largest absolute Gasteiger partial charge is 0.347 e. The van der Waals surface area contributed by atoms with E-state index in [1.165, 1.54) is 24.4 Å². The van der Waals surface area contributed by atoms with E-state index in [0.717, 1.165) is 4.47 Å². The molecular weight excluding hydrogens is 325 g/mol. The van der Waals surface area contributed by atoms with Crippen LogP contribution in [0.1, 0.15) is 21.6 Å². The highest BCUT2D eigenvalue weighted by molar-refractivity contribution is 9.10. The van der Waals surface area contributed by atoms with Gasteiger partial charge in [-0.15, -0.1) is 0 Å². The van der Waals surface area contributed by atoms with Crippen LogP contribution >= 0.6 is 15.9 Å². The molecule has 20 heavy (non-hydrogen) atoms. The molecule has 0 spiro atoms. The third-order valence-electron chi connectivity index (χ3n) is 2.57. The Kier molecular flexibility index (Phi) is 4.43. The number of nitrogens with one attached hydrogen (secondary N) is 1. The molecule has 0 saturated heterocycles. The lowest BCUT2D eigenvalue weighted by molar-refractivity contribution is 0.0945. The van der Waals surface area contributed by atoms with Gasteiger partial charge in [0, 0.05) is 22.8 Å². The summed E-state index contributed by atoms with van der Waals surface area (Å²) < 4.78 is 14.2. The third-order valence-corrected chi connectivity index (χ3v) is 3.06. The van der Waals surface area contributed by atoms with E-state index in [1.807, 2.05) is 6.07 Å². The Bertz CT molecular complexity index is 697. The predicted molar refractivity (Wildman–Crippen MR) is 74.2 cm³/mol. The van der Waals surface area contributed by atoms with E-state index in [1.54, 1.807) is 12.1 Å². The zero-order valence-electron chi connectivity index (χ0n) is 10.2. The molecule has 0 saturated carbocycles. The lowest BCUT2D eigenvalue weighted by Crippen LogP contribution is -2.24. The molecule has 0 aliphatic heterocycles. The third kappa shape index (κ3) is 3.39. The van der Waals surface area contributed by atoms with E-state index in [4.69, 9.17) is 5.26 Å². The molecule has 0 unspecified atom stereocenters. The van der Waals surface area contributed by atoms with Crippen molar-refractivity contribution in [2.24, 2.45) is 0 Å². The number of pyridine rings is 1. The van der Waals surface area contributed by atoms with Gasteiger partial charge in [0.15, 0.2) is 0 Å². The van der Waals surface area contributed by atoms with Crippen LogP contribution in [0.5, 0.6) is 0 Å². The Hall–Kier alpha value is -2.26. The number of halogens is 2. The molecule has 6 heteroatoms. The zero-order valence-corrected chi connectivity index (χ0v) is 11.8. The van der Waals surface area contributed by atoms with E-state index in [2.05, 4.69) is 26.2 Å². The first-order chi connectivity index (χ1) is 9.60. The van der Waals surface area contributed by atoms with Crippen molar-refractivity contribution in [2.45, 2.75) is 6.54 Å². The number of nitrogens with zero attached hydrogens (tertiary/aromatic N) is 2. The molecule has 1 aromatic carbocycles. The van der Waals surface area contributed by atoms with Gasteiger partial charge in [-0.25, -0.2) is 4.39 Å². The Morgan fingerprint density at radius 3 is 2.95 bits per heavy atom. The molecule has 0 atom stereocenters. The summed E-state index contributed by atoms with van der Waals surface area (Å²) in [4.78, 5) is 15.7. The summed E-state index contributed by atoms with van der Waals surface area (Å²) >= 11 is 3.24. The van der Waals surface area contributed by atoms with Gasteiger partial charge < -0.3 is 5.32 Å². The summed E-state index contributed by atoms with van der Waals surface area (Å²) in [6.45, 7) is 0.0442. The molecule has 100 valence electrons. The molecule has 2 rings (SSSR count). The average Bonchev–Trinajstić information content (AvgIpc) is 2.48. The van der Waals surface area contributed by atoms with Crippen LogP contribution in [0.4, 0.5) is 4.39 Å². The lowest BCUT2D eigenvalue weighted by Gasteiger charge is -2.06. The van der Waals surface area contributed by atoms with Crippen LogP contribution in [0.25, 0.3) is 0 Å². The number of carbonyl (C=O) groups is 1. The molecule has 1 amide bonds. The maximum absolute atomic E-state index is 13.5. The van der Waals surface area contributed by atoms with Gasteiger partial charge in [-0.05, 0) is 30.3 Å². The summed E-state index contributed by atoms with van der Waals surface area (Å²) in [5, 5.41) is 11.3. The fourth-order valence-corrected chi connectivity index (χ4v) is 1.98. The second-order valence-electron chi connectivity index (χ2n) is 3.96. The van der Waals surface area contributed by atoms with Crippen molar-refractivity contribution in [2.75, 3.05) is 0 Å². The van der Waals surface area contributed by atoms with Crippen LogP contribution in [0.2, 0.25) is 0 Å². The molecule has 0 fully saturated rings. The van der Waals surface area contributed by atoms with E-state index < -0.39 is 11.7 Å². The van der Waals surface area contributed by atoms with E-state index in [9.17, 15) is 9.18 Å². The van der Waals surface area contributed by atoms with Crippen molar-refractivity contribution in [1.29, 1.82) is 5.26 Å². The van der Waals surface area contributed by atoms with Gasteiger partial charge in [0.05, 0.1) is 11.6 Å². The Balaban J connectivity index is 2.09. The Morgan fingerprint density at radius 2 is 2.20 bits per heavy atom.